The van der Waals surface area contributed by atoms with Gasteiger partial charge in [-0.05, 0) is 18.2 Å². The molecular weight excluding hydrogens is 359 g/mol. The van der Waals surface area contributed by atoms with Gasteiger partial charge in [0.2, 0.25) is 5.95 Å². The van der Waals surface area contributed by atoms with Gasteiger partial charge in [-0.2, -0.15) is 0 Å². The summed E-state index contributed by atoms with van der Waals surface area (Å²) in [6, 6.07) is 4.96. The van der Waals surface area contributed by atoms with Crippen molar-refractivity contribution in [3.63, 3.8) is 0 Å². The highest BCUT2D eigenvalue weighted by molar-refractivity contribution is 6.35. The second-order valence-electron chi connectivity index (χ2n) is 5.24. The van der Waals surface area contributed by atoms with E-state index in [0.717, 1.165) is 19.0 Å². The van der Waals surface area contributed by atoms with Crippen LogP contribution in [-0.2, 0) is 7.05 Å². The van der Waals surface area contributed by atoms with E-state index in [1.54, 1.807) is 29.3 Å². The number of carbonyl (C=O) groups is 1. The third-order valence-electron chi connectivity index (χ3n) is 3.80. The normalized spacial score (nSPS) is 14.6. The molecule has 23 heavy (non-hydrogen) atoms. The van der Waals surface area contributed by atoms with E-state index >= 15 is 0 Å². The molecule has 1 fully saturated rings. The van der Waals surface area contributed by atoms with Gasteiger partial charge in [0, 0.05) is 50.6 Å². The minimum atomic E-state index is -0.0769. The van der Waals surface area contributed by atoms with Crippen LogP contribution in [0.15, 0.2) is 30.6 Å². The summed E-state index contributed by atoms with van der Waals surface area (Å²) in [7, 11) is 1.96. The molecule has 2 heterocycles. The second kappa shape index (κ2) is 7.43. The second-order valence-corrected chi connectivity index (χ2v) is 6.09. The van der Waals surface area contributed by atoms with Crippen LogP contribution in [0.5, 0.6) is 0 Å². The first-order chi connectivity index (χ1) is 10.6. The number of imidazole rings is 1. The Balaban J connectivity index is 0.00000192. The number of halogens is 3. The number of amides is 1. The SMILES string of the molecule is Cl.Cn1ccnc1N1CCN(C(=O)c2cc(Cl)ccc2Cl)CC1. The Bertz CT molecular complexity index is 696. The zero-order valence-corrected chi connectivity index (χ0v) is 14.9. The molecule has 0 saturated carbocycles. The number of nitrogens with zero attached hydrogens (tertiary/aromatic N) is 4. The van der Waals surface area contributed by atoms with E-state index < -0.39 is 0 Å². The van der Waals surface area contributed by atoms with Gasteiger partial charge in [0.25, 0.3) is 5.91 Å². The fourth-order valence-electron chi connectivity index (χ4n) is 2.60. The van der Waals surface area contributed by atoms with Crippen molar-refractivity contribution in [2.75, 3.05) is 31.1 Å². The van der Waals surface area contributed by atoms with Crippen molar-refractivity contribution >= 4 is 47.5 Å². The summed E-state index contributed by atoms with van der Waals surface area (Å²) in [6.45, 7) is 2.76. The Hall–Kier alpha value is -1.43. The monoisotopic (exact) mass is 374 g/mol. The Morgan fingerprint density at radius 1 is 1.17 bits per heavy atom. The molecule has 0 aliphatic carbocycles. The Labute approximate surface area is 151 Å². The largest absolute Gasteiger partial charge is 0.339 e. The van der Waals surface area contributed by atoms with Crippen LogP contribution in [0.4, 0.5) is 5.95 Å². The van der Waals surface area contributed by atoms with E-state index in [1.165, 1.54) is 0 Å². The predicted octanol–water partition coefficient (Wildman–Crippen LogP) is 3.11. The molecular formula is C15H17Cl3N4O. The van der Waals surface area contributed by atoms with Gasteiger partial charge in [0.05, 0.1) is 10.6 Å². The third kappa shape index (κ3) is 3.74. The molecule has 2 aromatic rings. The van der Waals surface area contributed by atoms with Gasteiger partial charge < -0.3 is 14.4 Å². The van der Waals surface area contributed by atoms with E-state index in [2.05, 4.69) is 9.88 Å². The average molecular weight is 376 g/mol. The van der Waals surface area contributed by atoms with Crippen LogP contribution in [0.1, 0.15) is 10.4 Å². The van der Waals surface area contributed by atoms with E-state index in [4.69, 9.17) is 23.2 Å². The molecule has 0 atom stereocenters. The minimum absolute atomic E-state index is 0. The van der Waals surface area contributed by atoms with E-state index in [9.17, 15) is 4.79 Å². The number of anilines is 1. The van der Waals surface area contributed by atoms with Crippen molar-refractivity contribution in [1.82, 2.24) is 14.5 Å². The number of hydrogen-bond donors (Lipinski definition) is 0. The Morgan fingerprint density at radius 3 is 2.48 bits per heavy atom. The highest BCUT2D eigenvalue weighted by atomic mass is 35.5. The molecule has 1 saturated heterocycles. The summed E-state index contributed by atoms with van der Waals surface area (Å²) in [6.07, 6.45) is 3.69. The lowest BCUT2D eigenvalue weighted by atomic mass is 10.2. The number of carbonyl (C=O) groups excluding carboxylic acids is 1. The Morgan fingerprint density at radius 2 is 1.87 bits per heavy atom. The molecule has 1 aromatic heterocycles. The number of aromatic nitrogens is 2. The zero-order valence-electron chi connectivity index (χ0n) is 12.6. The summed E-state index contributed by atoms with van der Waals surface area (Å²) in [5, 5.41) is 0.945. The molecule has 0 N–H and O–H groups in total. The fourth-order valence-corrected chi connectivity index (χ4v) is 2.97. The molecule has 124 valence electrons. The fraction of sp³-hybridized carbons (Fsp3) is 0.333. The highest BCUT2D eigenvalue weighted by Crippen LogP contribution is 2.23. The van der Waals surface area contributed by atoms with Crippen molar-refractivity contribution in [2.24, 2.45) is 7.05 Å². The summed E-state index contributed by atoms with van der Waals surface area (Å²) in [5.74, 6) is 0.847. The van der Waals surface area contributed by atoms with Crippen molar-refractivity contribution in [2.45, 2.75) is 0 Å². The minimum Gasteiger partial charge on any atom is -0.339 e. The molecule has 5 nitrogen and oxygen atoms in total. The van der Waals surface area contributed by atoms with Crippen LogP contribution in [0.25, 0.3) is 0 Å². The first kappa shape index (κ1) is 17.9. The van der Waals surface area contributed by atoms with Gasteiger partial charge in [0.15, 0.2) is 0 Å². The lowest BCUT2D eigenvalue weighted by Gasteiger charge is -2.35. The molecule has 0 bridgehead atoms. The van der Waals surface area contributed by atoms with Crippen LogP contribution >= 0.6 is 35.6 Å². The van der Waals surface area contributed by atoms with E-state index in [1.807, 2.05) is 17.8 Å². The maximum Gasteiger partial charge on any atom is 0.255 e. The smallest absolute Gasteiger partial charge is 0.255 e. The molecule has 1 amide bonds. The molecule has 1 aliphatic heterocycles. The number of hydrogen-bond acceptors (Lipinski definition) is 3. The van der Waals surface area contributed by atoms with Crippen LogP contribution in [0, 0.1) is 0 Å². The summed E-state index contributed by atoms with van der Waals surface area (Å²) >= 11 is 12.1. The lowest BCUT2D eigenvalue weighted by molar-refractivity contribution is 0.0746. The molecule has 3 rings (SSSR count). The predicted molar refractivity (Wildman–Crippen MR) is 95.0 cm³/mol. The maximum atomic E-state index is 12.6. The maximum absolute atomic E-state index is 12.6. The van der Waals surface area contributed by atoms with E-state index in [0.29, 0.717) is 28.7 Å². The molecule has 1 aromatic carbocycles. The number of piperazine rings is 1. The summed E-state index contributed by atoms with van der Waals surface area (Å²) < 4.78 is 1.98. The first-order valence-electron chi connectivity index (χ1n) is 7.03. The number of rotatable bonds is 2. The molecule has 0 spiro atoms. The third-order valence-corrected chi connectivity index (χ3v) is 4.37. The van der Waals surface area contributed by atoms with Gasteiger partial charge in [-0.1, -0.05) is 23.2 Å². The van der Waals surface area contributed by atoms with Crippen molar-refractivity contribution in [3.05, 3.63) is 46.2 Å². The van der Waals surface area contributed by atoms with Crippen LogP contribution in [0.3, 0.4) is 0 Å². The number of aryl methyl sites for hydroxylation is 1. The van der Waals surface area contributed by atoms with Crippen molar-refractivity contribution in [3.8, 4) is 0 Å². The van der Waals surface area contributed by atoms with Gasteiger partial charge in [-0.3, -0.25) is 4.79 Å². The highest BCUT2D eigenvalue weighted by Gasteiger charge is 2.25. The van der Waals surface area contributed by atoms with Crippen LogP contribution in [0.2, 0.25) is 10.0 Å². The van der Waals surface area contributed by atoms with Crippen LogP contribution < -0.4 is 4.90 Å². The van der Waals surface area contributed by atoms with Gasteiger partial charge in [-0.15, -0.1) is 12.4 Å². The van der Waals surface area contributed by atoms with Gasteiger partial charge in [-0.25, -0.2) is 4.98 Å². The van der Waals surface area contributed by atoms with Crippen LogP contribution in [-0.4, -0.2) is 46.5 Å². The molecule has 0 unspecified atom stereocenters. The first-order valence-corrected chi connectivity index (χ1v) is 7.78. The average Bonchev–Trinajstić information content (AvgIpc) is 2.95. The molecule has 8 heteroatoms. The standard InChI is InChI=1S/C15H16Cl2N4O.ClH/c1-19-5-4-18-15(19)21-8-6-20(7-9-21)14(22)12-10-11(16)2-3-13(12)17;/h2-5,10H,6-9H2,1H3;1H. The van der Waals surface area contributed by atoms with Gasteiger partial charge in [0.1, 0.15) is 0 Å². The van der Waals surface area contributed by atoms with Crippen molar-refractivity contribution < 1.29 is 4.79 Å². The summed E-state index contributed by atoms with van der Waals surface area (Å²) in [4.78, 5) is 20.9. The lowest BCUT2D eigenvalue weighted by Crippen LogP contribution is -2.49. The number of benzene rings is 1. The molecule has 0 radical (unpaired) electrons. The van der Waals surface area contributed by atoms with Crippen molar-refractivity contribution in [1.29, 1.82) is 0 Å². The summed E-state index contributed by atoms with van der Waals surface area (Å²) in [5.41, 5.74) is 0.458. The van der Waals surface area contributed by atoms with Gasteiger partial charge >= 0.3 is 0 Å². The Kier molecular flexibility index (Phi) is 5.79. The van der Waals surface area contributed by atoms with E-state index in [-0.39, 0.29) is 18.3 Å². The quantitative estimate of drug-likeness (QED) is 0.810. The topological polar surface area (TPSA) is 41.4 Å². The zero-order chi connectivity index (χ0) is 15.7. The molecule has 1 aliphatic rings.